The highest BCUT2D eigenvalue weighted by molar-refractivity contribution is 5.96. The monoisotopic (exact) mass is 487 g/mol. The van der Waals surface area contributed by atoms with Gasteiger partial charge in [-0.25, -0.2) is 4.79 Å². The predicted molar refractivity (Wildman–Crippen MR) is 134 cm³/mol. The normalized spacial score (nSPS) is 21.6. The molecule has 0 aromatic carbocycles. The molecular weight excluding hydrogens is 446 g/mol. The fourth-order valence-corrected chi connectivity index (χ4v) is 5.37. The van der Waals surface area contributed by atoms with E-state index in [4.69, 9.17) is 4.74 Å². The van der Waals surface area contributed by atoms with E-state index in [-0.39, 0.29) is 24.4 Å². The Morgan fingerprint density at radius 1 is 0.943 bits per heavy atom. The second-order valence-corrected chi connectivity index (χ2v) is 10.6. The average Bonchev–Trinajstić information content (AvgIpc) is 2.83. The molecule has 0 aliphatic carbocycles. The SMILES string of the molecule is CC(C)CN1CCC(OC2CCN(CCn3cccc(CN4CCC(=O)NC4=O)c3=O)CC2)CC1. The summed E-state index contributed by atoms with van der Waals surface area (Å²) in [6.45, 7) is 12.0. The topological polar surface area (TPSA) is 87.1 Å². The molecule has 9 heteroatoms. The maximum atomic E-state index is 12.9. The van der Waals surface area contributed by atoms with Gasteiger partial charge in [0.25, 0.3) is 5.56 Å². The van der Waals surface area contributed by atoms with Crippen LogP contribution in [0.1, 0.15) is 51.5 Å². The van der Waals surface area contributed by atoms with Crippen molar-refractivity contribution in [1.29, 1.82) is 0 Å². The van der Waals surface area contributed by atoms with E-state index in [0.717, 1.165) is 64.3 Å². The first kappa shape index (κ1) is 25.9. The number of rotatable bonds is 9. The van der Waals surface area contributed by atoms with Gasteiger partial charge in [-0.05, 0) is 37.7 Å². The Morgan fingerprint density at radius 3 is 2.23 bits per heavy atom. The van der Waals surface area contributed by atoms with E-state index in [1.165, 1.54) is 11.4 Å². The molecule has 194 valence electrons. The van der Waals surface area contributed by atoms with Crippen LogP contribution in [0.5, 0.6) is 0 Å². The predicted octanol–water partition coefficient (Wildman–Crippen LogP) is 1.89. The van der Waals surface area contributed by atoms with E-state index in [0.29, 0.717) is 30.9 Å². The van der Waals surface area contributed by atoms with Crippen molar-refractivity contribution < 1.29 is 14.3 Å². The van der Waals surface area contributed by atoms with E-state index in [9.17, 15) is 14.4 Å². The van der Waals surface area contributed by atoms with Crippen molar-refractivity contribution in [3.05, 3.63) is 34.2 Å². The van der Waals surface area contributed by atoms with Crippen LogP contribution in [-0.4, -0.2) is 89.2 Å². The van der Waals surface area contributed by atoms with Crippen LogP contribution in [0.25, 0.3) is 0 Å². The lowest BCUT2D eigenvalue weighted by atomic mass is 10.0. The number of pyridine rings is 1. The molecule has 0 spiro atoms. The van der Waals surface area contributed by atoms with E-state index < -0.39 is 6.03 Å². The van der Waals surface area contributed by atoms with E-state index >= 15 is 0 Å². The molecule has 1 aromatic heterocycles. The summed E-state index contributed by atoms with van der Waals surface area (Å²) in [6, 6.07) is 3.19. The van der Waals surface area contributed by atoms with Crippen molar-refractivity contribution in [2.45, 2.75) is 71.2 Å². The fraction of sp³-hybridized carbons (Fsp3) is 0.731. The van der Waals surface area contributed by atoms with Crippen LogP contribution in [-0.2, 0) is 22.6 Å². The maximum Gasteiger partial charge on any atom is 0.324 e. The second kappa shape index (κ2) is 12.1. The van der Waals surface area contributed by atoms with Crippen molar-refractivity contribution in [2.75, 3.05) is 45.8 Å². The van der Waals surface area contributed by atoms with E-state index in [2.05, 4.69) is 29.0 Å². The number of ether oxygens (including phenoxy) is 1. The first-order chi connectivity index (χ1) is 16.9. The largest absolute Gasteiger partial charge is 0.375 e. The second-order valence-electron chi connectivity index (χ2n) is 10.6. The zero-order chi connectivity index (χ0) is 24.8. The lowest BCUT2D eigenvalue weighted by molar-refractivity contribution is -0.121. The molecule has 9 nitrogen and oxygen atoms in total. The van der Waals surface area contributed by atoms with Crippen LogP contribution in [0.3, 0.4) is 0 Å². The Labute approximate surface area is 208 Å². The zero-order valence-electron chi connectivity index (χ0n) is 21.3. The molecule has 0 unspecified atom stereocenters. The summed E-state index contributed by atoms with van der Waals surface area (Å²) in [5.74, 6) is 0.455. The summed E-state index contributed by atoms with van der Waals surface area (Å²) in [5, 5.41) is 2.31. The highest BCUT2D eigenvalue weighted by Gasteiger charge is 2.26. The molecule has 4 rings (SSSR count). The molecule has 0 radical (unpaired) electrons. The number of nitrogens with zero attached hydrogens (tertiary/aromatic N) is 4. The molecule has 35 heavy (non-hydrogen) atoms. The van der Waals surface area contributed by atoms with Crippen molar-refractivity contribution in [3.63, 3.8) is 0 Å². The summed E-state index contributed by atoms with van der Waals surface area (Å²) in [4.78, 5) is 42.8. The Hall–Kier alpha value is -2.23. The first-order valence-electron chi connectivity index (χ1n) is 13.2. The van der Waals surface area contributed by atoms with Crippen molar-refractivity contribution in [3.8, 4) is 0 Å². The number of amides is 3. The number of nitrogens with one attached hydrogen (secondary N) is 1. The summed E-state index contributed by atoms with van der Waals surface area (Å²) < 4.78 is 8.18. The molecule has 1 N–H and O–H groups in total. The first-order valence-corrected chi connectivity index (χ1v) is 13.2. The number of likely N-dealkylation sites (tertiary alicyclic amines) is 2. The van der Waals surface area contributed by atoms with Crippen LogP contribution in [0.4, 0.5) is 4.79 Å². The van der Waals surface area contributed by atoms with E-state index in [1.54, 1.807) is 10.6 Å². The minimum absolute atomic E-state index is 0.0702. The number of piperidine rings is 2. The van der Waals surface area contributed by atoms with Gasteiger partial charge in [0.15, 0.2) is 0 Å². The van der Waals surface area contributed by atoms with Crippen molar-refractivity contribution in [2.24, 2.45) is 5.92 Å². The number of carbonyl (C=O) groups excluding carboxylic acids is 2. The van der Waals surface area contributed by atoms with Crippen molar-refractivity contribution >= 4 is 11.9 Å². The minimum Gasteiger partial charge on any atom is -0.375 e. The Kier molecular flexibility index (Phi) is 8.97. The van der Waals surface area contributed by atoms with Gasteiger partial charge in [0.05, 0.1) is 18.8 Å². The van der Waals surface area contributed by atoms with Gasteiger partial charge in [0, 0.05) is 70.5 Å². The molecule has 3 aliphatic heterocycles. The maximum absolute atomic E-state index is 12.9. The van der Waals surface area contributed by atoms with Gasteiger partial charge in [-0.15, -0.1) is 0 Å². The molecule has 0 saturated carbocycles. The third-order valence-corrected chi connectivity index (χ3v) is 7.34. The number of hydrogen-bond donors (Lipinski definition) is 1. The summed E-state index contributed by atoms with van der Waals surface area (Å²) in [7, 11) is 0. The molecule has 3 amide bonds. The lowest BCUT2D eigenvalue weighted by Crippen LogP contribution is -2.49. The number of aromatic nitrogens is 1. The molecule has 3 aliphatic rings. The summed E-state index contributed by atoms with van der Waals surface area (Å²) >= 11 is 0. The van der Waals surface area contributed by atoms with E-state index in [1.807, 2.05) is 12.3 Å². The van der Waals surface area contributed by atoms with Gasteiger partial charge < -0.3 is 24.0 Å². The van der Waals surface area contributed by atoms with Crippen LogP contribution in [0.2, 0.25) is 0 Å². The highest BCUT2D eigenvalue weighted by atomic mass is 16.5. The van der Waals surface area contributed by atoms with Gasteiger partial charge in [-0.3, -0.25) is 14.9 Å². The third-order valence-electron chi connectivity index (χ3n) is 7.34. The molecule has 4 heterocycles. The number of imide groups is 1. The Bertz CT molecular complexity index is 917. The highest BCUT2D eigenvalue weighted by Crippen LogP contribution is 2.21. The van der Waals surface area contributed by atoms with Crippen molar-refractivity contribution in [1.82, 2.24) is 24.6 Å². The fourth-order valence-electron chi connectivity index (χ4n) is 5.37. The Balaban J connectivity index is 1.19. The number of carbonyl (C=O) groups is 2. The van der Waals surface area contributed by atoms with Gasteiger partial charge in [-0.2, -0.15) is 0 Å². The lowest BCUT2D eigenvalue weighted by Gasteiger charge is -2.37. The van der Waals surface area contributed by atoms with Gasteiger partial charge in [-0.1, -0.05) is 19.9 Å². The summed E-state index contributed by atoms with van der Waals surface area (Å²) in [6.07, 6.45) is 7.20. The van der Waals surface area contributed by atoms with Gasteiger partial charge >= 0.3 is 6.03 Å². The summed E-state index contributed by atoms with van der Waals surface area (Å²) in [5.41, 5.74) is 0.503. The Morgan fingerprint density at radius 2 is 1.60 bits per heavy atom. The molecule has 0 bridgehead atoms. The van der Waals surface area contributed by atoms with Gasteiger partial charge in [0.1, 0.15) is 0 Å². The number of urea groups is 1. The molecule has 3 fully saturated rings. The van der Waals surface area contributed by atoms with Gasteiger partial charge in [0.2, 0.25) is 5.91 Å². The standard InChI is InChI=1S/C26H41N5O4/c1-20(2)18-29-13-7-23(8-14-29)35-22-5-11-28(12-6-22)16-17-30-10-3-4-21(25(30)33)19-31-15-9-24(32)27-26(31)34/h3-4,10,20,22-23H,5-9,11-19H2,1-2H3,(H,27,32,34). The molecular formula is C26H41N5O4. The molecule has 1 aromatic rings. The van der Waals surface area contributed by atoms with Crippen LogP contribution < -0.4 is 10.9 Å². The van der Waals surface area contributed by atoms with Crippen LogP contribution in [0.15, 0.2) is 23.1 Å². The quantitative estimate of drug-likeness (QED) is 0.573. The van der Waals surface area contributed by atoms with Crippen LogP contribution >= 0.6 is 0 Å². The number of hydrogen-bond acceptors (Lipinski definition) is 6. The third kappa shape index (κ3) is 7.38. The zero-order valence-corrected chi connectivity index (χ0v) is 21.3. The minimum atomic E-state index is -0.428. The van der Waals surface area contributed by atoms with Crippen LogP contribution in [0, 0.1) is 5.92 Å². The smallest absolute Gasteiger partial charge is 0.324 e. The molecule has 0 atom stereocenters. The average molecular weight is 488 g/mol. The molecule has 3 saturated heterocycles.